The monoisotopic (exact) mass is 332 g/mol. The highest BCUT2D eigenvalue weighted by Crippen LogP contribution is 2.28. The number of hydrogen-bond donors (Lipinski definition) is 1. The number of carbonyl (C=O) groups is 1. The first-order valence-corrected chi connectivity index (χ1v) is 8.14. The maximum atomic E-state index is 11.9. The molecule has 0 saturated carbocycles. The first-order valence-electron chi connectivity index (χ1n) is 8.14. The summed E-state index contributed by atoms with van der Waals surface area (Å²) in [6.45, 7) is 7.65. The molecule has 0 radical (unpaired) electrons. The van der Waals surface area contributed by atoms with Gasteiger partial charge in [-0.1, -0.05) is 11.3 Å². The summed E-state index contributed by atoms with van der Waals surface area (Å²) in [5, 5.41) is 10.5. The van der Waals surface area contributed by atoms with Gasteiger partial charge < -0.3 is 14.8 Å². The third kappa shape index (κ3) is 4.97. The number of aromatic nitrogens is 3. The average molecular weight is 332 g/mol. The summed E-state index contributed by atoms with van der Waals surface area (Å²) in [6, 6.07) is 5.86. The third-order valence-corrected chi connectivity index (χ3v) is 3.45. The van der Waals surface area contributed by atoms with Crippen molar-refractivity contribution in [2.45, 2.75) is 33.7 Å². The lowest BCUT2D eigenvalue weighted by molar-refractivity contribution is -0.121. The summed E-state index contributed by atoms with van der Waals surface area (Å²) in [5.41, 5.74) is 1.94. The molecule has 0 fully saturated rings. The van der Waals surface area contributed by atoms with Crippen LogP contribution in [0.15, 0.2) is 24.4 Å². The second-order valence-corrected chi connectivity index (χ2v) is 5.28. The van der Waals surface area contributed by atoms with E-state index in [9.17, 15) is 4.79 Å². The van der Waals surface area contributed by atoms with Crippen molar-refractivity contribution in [2.24, 2.45) is 0 Å². The summed E-state index contributed by atoms with van der Waals surface area (Å²) < 4.78 is 12.7. The number of ether oxygens (including phenoxy) is 2. The molecule has 0 bridgehead atoms. The summed E-state index contributed by atoms with van der Waals surface area (Å²) in [4.78, 5) is 11.9. The number of benzene rings is 1. The fourth-order valence-electron chi connectivity index (χ4n) is 2.25. The van der Waals surface area contributed by atoms with Gasteiger partial charge in [0.2, 0.25) is 5.91 Å². The second-order valence-electron chi connectivity index (χ2n) is 5.28. The number of rotatable bonds is 9. The third-order valence-electron chi connectivity index (χ3n) is 3.45. The molecule has 7 heteroatoms. The minimum Gasteiger partial charge on any atom is -0.490 e. The Hall–Kier alpha value is -2.57. The highest BCUT2D eigenvalue weighted by Gasteiger charge is 2.08. The Morgan fingerprint density at radius 2 is 1.96 bits per heavy atom. The van der Waals surface area contributed by atoms with Crippen LogP contribution in [0, 0.1) is 6.92 Å². The standard InChI is InChI=1S/C17H24N4O3/c1-4-23-15-7-6-14(10-16(15)24-5-2)8-9-18-17(22)12-21-13(3)11-19-20-21/h6-7,10-11H,4-5,8-9,12H2,1-3H3,(H,18,22). The molecule has 24 heavy (non-hydrogen) atoms. The van der Waals surface area contributed by atoms with E-state index < -0.39 is 0 Å². The van der Waals surface area contributed by atoms with Crippen LogP contribution >= 0.6 is 0 Å². The lowest BCUT2D eigenvalue weighted by atomic mass is 10.1. The molecule has 1 N–H and O–H groups in total. The summed E-state index contributed by atoms with van der Waals surface area (Å²) in [5.74, 6) is 1.40. The predicted octanol–water partition coefficient (Wildman–Crippen LogP) is 1.74. The zero-order valence-corrected chi connectivity index (χ0v) is 14.4. The molecule has 130 valence electrons. The maximum Gasteiger partial charge on any atom is 0.241 e. The van der Waals surface area contributed by atoms with Gasteiger partial charge in [-0.25, -0.2) is 4.68 Å². The molecular formula is C17H24N4O3. The normalized spacial score (nSPS) is 10.5. The van der Waals surface area contributed by atoms with Crippen LogP contribution in [0.5, 0.6) is 11.5 Å². The number of amides is 1. The van der Waals surface area contributed by atoms with E-state index in [0.29, 0.717) is 26.2 Å². The molecule has 2 aromatic rings. The molecule has 1 heterocycles. The van der Waals surface area contributed by atoms with Gasteiger partial charge in [0, 0.05) is 6.54 Å². The summed E-state index contributed by atoms with van der Waals surface area (Å²) in [6.07, 6.45) is 2.34. The van der Waals surface area contributed by atoms with Crippen LogP contribution in [0.3, 0.4) is 0 Å². The summed E-state index contributed by atoms with van der Waals surface area (Å²) in [7, 11) is 0. The molecule has 7 nitrogen and oxygen atoms in total. The number of carbonyl (C=O) groups excluding carboxylic acids is 1. The summed E-state index contributed by atoms with van der Waals surface area (Å²) >= 11 is 0. The number of aryl methyl sites for hydroxylation is 1. The second kappa shape index (κ2) is 8.90. The van der Waals surface area contributed by atoms with Crippen LogP contribution in [0.25, 0.3) is 0 Å². The molecule has 1 amide bonds. The Morgan fingerprint density at radius 1 is 1.21 bits per heavy atom. The van der Waals surface area contributed by atoms with Crippen LogP contribution in [-0.2, 0) is 17.8 Å². The Balaban J connectivity index is 1.86. The lowest BCUT2D eigenvalue weighted by Crippen LogP contribution is -2.30. The van der Waals surface area contributed by atoms with Gasteiger partial charge in [0.05, 0.1) is 25.1 Å². The zero-order chi connectivity index (χ0) is 17.4. The van der Waals surface area contributed by atoms with Crippen molar-refractivity contribution in [1.29, 1.82) is 0 Å². The first kappa shape index (κ1) is 17.8. The van der Waals surface area contributed by atoms with E-state index in [1.54, 1.807) is 10.9 Å². The van der Waals surface area contributed by atoms with E-state index in [-0.39, 0.29) is 12.5 Å². The van der Waals surface area contributed by atoms with Gasteiger partial charge in [0.25, 0.3) is 0 Å². The Bertz CT molecular complexity index is 670. The fraction of sp³-hybridized carbons (Fsp3) is 0.471. The molecule has 0 atom stereocenters. The van der Waals surface area contributed by atoms with E-state index in [1.807, 2.05) is 39.0 Å². The molecule has 0 unspecified atom stereocenters. The number of hydrogen-bond acceptors (Lipinski definition) is 5. The van der Waals surface area contributed by atoms with Gasteiger partial charge in [-0.3, -0.25) is 4.79 Å². The van der Waals surface area contributed by atoms with E-state index in [1.165, 1.54) is 0 Å². The molecule has 0 saturated heterocycles. The van der Waals surface area contributed by atoms with Crippen molar-refractivity contribution in [3.05, 3.63) is 35.7 Å². The van der Waals surface area contributed by atoms with Crippen LogP contribution in [-0.4, -0.2) is 40.7 Å². The number of nitrogens with zero attached hydrogens (tertiary/aromatic N) is 3. The molecule has 0 aliphatic carbocycles. The Morgan fingerprint density at radius 3 is 2.62 bits per heavy atom. The van der Waals surface area contributed by atoms with Crippen molar-refractivity contribution in [3.8, 4) is 11.5 Å². The molecular weight excluding hydrogens is 308 g/mol. The molecule has 2 rings (SSSR count). The Labute approximate surface area is 142 Å². The average Bonchev–Trinajstić information content (AvgIpc) is 2.95. The fourth-order valence-corrected chi connectivity index (χ4v) is 2.25. The number of nitrogens with one attached hydrogen (secondary N) is 1. The largest absolute Gasteiger partial charge is 0.490 e. The van der Waals surface area contributed by atoms with Gasteiger partial charge in [-0.2, -0.15) is 0 Å². The van der Waals surface area contributed by atoms with Gasteiger partial charge in [0.15, 0.2) is 11.5 Å². The maximum absolute atomic E-state index is 11.9. The van der Waals surface area contributed by atoms with Gasteiger partial charge in [-0.05, 0) is 44.9 Å². The van der Waals surface area contributed by atoms with Crippen LogP contribution in [0.4, 0.5) is 0 Å². The van der Waals surface area contributed by atoms with Gasteiger partial charge in [-0.15, -0.1) is 5.10 Å². The van der Waals surface area contributed by atoms with Gasteiger partial charge >= 0.3 is 0 Å². The van der Waals surface area contributed by atoms with E-state index in [4.69, 9.17) is 9.47 Å². The van der Waals surface area contributed by atoms with Crippen molar-refractivity contribution < 1.29 is 14.3 Å². The SMILES string of the molecule is CCOc1ccc(CCNC(=O)Cn2nncc2C)cc1OCC. The van der Waals surface area contributed by atoms with Crippen LogP contribution in [0.2, 0.25) is 0 Å². The molecule has 1 aromatic carbocycles. The molecule has 1 aromatic heterocycles. The Kier molecular flexibility index (Phi) is 6.60. The quantitative estimate of drug-likeness (QED) is 0.757. The molecule has 0 aliphatic heterocycles. The zero-order valence-electron chi connectivity index (χ0n) is 14.4. The van der Waals surface area contributed by atoms with Crippen molar-refractivity contribution >= 4 is 5.91 Å². The lowest BCUT2D eigenvalue weighted by Gasteiger charge is -2.12. The van der Waals surface area contributed by atoms with Crippen LogP contribution < -0.4 is 14.8 Å². The van der Waals surface area contributed by atoms with E-state index in [0.717, 1.165) is 22.8 Å². The predicted molar refractivity (Wildman–Crippen MR) is 90.3 cm³/mol. The highest BCUT2D eigenvalue weighted by molar-refractivity contribution is 5.75. The van der Waals surface area contributed by atoms with Crippen molar-refractivity contribution in [2.75, 3.05) is 19.8 Å². The van der Waals surface area contributed by atoms with Crippen molar-refractivity contribution in [3.63, 3.8) is 0 Å². The van der Waals surface area contributed by atoms with E-state index in [2.05, 4.69) is 15.6 Å². The topological polar surface area (TPSA) is 78.3 Å². The van der Waals surface area contributed by atoms with Crippen LogP contribution in [0.1, 0.15) is 25.1 Å². The molecule has 0 aliphatic rings. The van der Waals surface area contributed by atoms with Gasteiger partial charge in [0.1, 0.15) is 6.54 Å². The first-order chi connectivity index (χ1) is 11.6. The van der Waals surface area contributed by atoms with E-state index >= 15 is 0 Å². The van der Waals surface area contributed by atoms with Crippen molar-refractivity contribution in [1.82, 2.24) is 20.3 Å². The highest BCUT2D eigenvalue weighted by atomic mass is 16.5. The smallest absolute Gasteiger partial charge is 0.241 e. The minimum atomic E-state index is -0.0837. The molecule has 0 spiro atoms. The minimum absolute atomic E-state index is 0.0837.